The predicted octanol–water partition coefficient (Wildman–Crippen LogP) is 8.26. The standard InChI is InChI=1S/2C17H18N2O6/c2*20-18(21)14-4-8-16(9-5-14)24-12-2-1-3-13-25-17-10-6-15(7-11-17)19(22)23/h2*4-11H,1-3,12-13H2. The first-order valence-electron chi connectivity index (χ1n) is 15.6. The van der Waals surface area contributed by atoms with Crippen molar-refractivity contribution in [2.45, 2.75) is 38.5 Å². The van der Waals surface area contributed by atoms with Crippen LogP contribution in [-0.2, 0) is 0 Å². The maximum atomic E-state index is 10.5. The van der Waals surface area contributed by atoms with Gasteiger partial charge in [0.05, 0.1) is 46.1 Å². The number of rotatable bonds is 20. The largest absolute Gasteiger partial charge is 0.494 e. The summed E-state index contributed by atoms with van der Waals surface area (Å²) in [6.07, 6.45) is 5.14. The SMILES string of the molecule is O=[N+]([O-])c1ccc(OCCCCCOc2ccc([N+](=O)[O-])cc2)cc1.O=[N+]([O-])c1ccc(OCCCCCOc2ccc([N+](=O)[O-])cc2)cc1. The highest BCUT2D eigenvalue weighted by Gasteiger charge is 2.07. The van der Waals surface area contributed by atoms with Gasteiger partial charge in [-0.2, -0.15) is 0 Å². The van der Waals surface area contributed by atoms with E-state index >= 15 is 0 Å². The Labute approximate surface area is 286 Å². The van der Waals surface area contributed by atoms with Crippen molar-refractivity contribution in [1.82, 2.24) is 0 Å². The van der Waals surface area contributed by atoms with Gasteiger partial charge in [0.1, 0.15) is 23.0 Å². The smallest absolute Gasteiger partial charge is 0.269 e. The highest BCUT2D eigenvalue weighted by atomic mass is 16.6. The lowest BCUT2D eigenvalue weighted by Gasteiger charge is -2.07. The van der Waals surface area contributed by atoms with Gasteiger partial charge in [-0.25, -0.2) is 0 Å². The van der Waals surface area contributed by atoms with Gasteiger partial charge in [0, 0.05) is 48.5 Å². The van der Waals surface area contributed by atoms with Crippen LogP contribution in [0.5, 0.6) is 23.0 Å². The van der Waals surface area contributed by atoms with Crippen molar-refractivity contribution in [2.75, 3.05) is 26.4 Å². The third kappa shape index (κ3) is 14.2. The number of ether oxygens (including phenoxy) is 4. The third-order valence-electron chi connectivity index (χ3n) is 6.84. The molecule has 0 aromatic heterocycles. The minimum Gasteiger partial charge on any atom is -0.494 e. The summed E-state index contributed by atoms with van der Waals surface area (Å²) >= 11 is 0. The minimum absolute atomic E-state index is 0.0377. The molecule has 0 spiro atoms. The topological polar surface area (TPSA) is 209 Å². The Morgan fingerprint density at radius 1 is 0.320 bits per heavy atom. The molecular weight excluding hydrogens is 656 g/mol. The van der Waals surface area contributed by atoms with Crippen LogP contribution in [0.15, 0.2) is 97.1 Å². The maximum Gasteiger partial charge on any atom is 0.269 e. The second-order valence-electron chi connectivity index (χ2n) is 10.5. The number of non-ortho nitro benzene ring substituents is 4. The van der Waals surface area contributed by atoms with Crippen molar-refractivity contribution in [2.24, 2.45) is 0 Å². The molecule has 16 heteroatoms. The van der Waals surface area contributed by atoms with Gasteiger partial charge in [0.25, 0.3) is 22.7 Å². The number of benzene rings is 4. The average Bonchev–Trinajstić information content (AvgIpc) is 3.12. The molecule has 264 valence electrons. The Balaban J connectivity index is 0.000000270. The third-order valence-corrected chi connectivity index (χ3v) is 6.84. The summed E-state index contributed by atoms with van der Waals surface area (Å²) in [6, 6.07) is 23.9. The molecule has 0 aliphatic heterocycles. The van der Waals surface area contributed by atoms with Crippen molar-refractivity contribution in [3.8, 4) is 23.0 Å². The van der Waals surface area contributed by atoms with Crippen molar-refractivity contribution in [3.05, 3.63) is 138 Å². The second-order valence-corrected chi connectivity index (χ2v) is 10.5. The molecule has 0 atom stereocenters. The lowest BCUT2D eigenvalue weighted by atomic mass is 10.2. The van der Waals surface area contributed by atoms with E-state index in [1.165, 1.54) is 48.5 Å². The molecule has 16 nitrogen and oxygen atoms in total. The fourth-order valence-electron chi connectivity index (χ4n) is 4.18. The van der Waals surface area contributed by atoms with E-state index in [-0.39, 0.29) is 22.7 Å². The summed E-state index contributed by atoms with van der Waals surface area (Å²) in [6.45, 7) is 2.09. The molecule has 0 radical (unpaired) electrons. The van der Waals surface area contributed by atoms with Gasteiger partial charge in [0.2, 0.25) is 0 Å². The molecule has 0 aliphatic carbocycles. The monoisotopic (exact) mass is 692 g/mol. The molecule has 0 saturated carbocycles. The molecule has 0 aliphatic rings. The summed E-state index contributed by atoms with van der Waals surface area (Å²) < 4.78 is 22.1. The van der Waals surface area contributed by atoms with E-state index in [1.807, 2.05) is 0 Å². The normalized spacial score (nSPS) is 10.2. The van der Waals surface area contributed by atoms with E-state index in [9.17, 15) is 40.5 Å². The molecule has 0 bridgehead atoms. The Bertz CT molecular complexity index is 1400. The van der Waals surface area contributed by atoms with Crippen LogP contribution in [0, 0.1) is 40.5 Å². The summed E-state index contributed by atoms with van der Waals surface area (Å²) in [4.78, 5) is 40.4. The molecule has 4 aromatic carbocycles. The summed E-state index contributed by atoms with van der Waals surface area (Å²) in [5.74, 6) is 2.42. The quantitative estimate of drug-likeness (QED) is 0.0487. The van der Waals surface area contributed by atoms with Crippen LogP contribution < -0.4 is 18.9 Å². The fraction of sp³-hybridized carbons (Fsp3) is 0.294. The number of nitro groups is 4. The van der Waals surface area contributed by atoms with Crippen molar-refractivity contribution in [1.29, 1.82) is 0 Å². The van der Waals surface area contributed by atoms with E-state index in [0.717, 1.165) is 38.5 Å². The number of unbranched alkanes of at least 4 members (excludes halogenated alkanes) is 4. The van der Waals surface area contributed by atoms with Gasteiger partial charge in [-0.3, -0.25) is 40.5 Å². The number of hydrogen-bond donors (Lipinski definition) is 0. The highest BCUT2D eigenvalue weighted by Crippen LogP contribution is 2.21. The van der Waals surface area contributed by atoms with Crippen molar-refractivity contribution in [3.63, 3.8) is 0 Å². The summed E-state index contributed by atoms with van der Waals surface area (Å²) in [5.41, 5.74) is 0.151. The Morgan fingerprint density at radius 3 is 0.660 bits per heavy atom. The first-order valence-corrected chi connectivity index (χ1v) is 15.6. The molecule has 0 fully saturated rings. The zero-order chi connectivity index (χ0) is 36.1. The van der Waals surface area contributed by atoms with Crippen LogP contribution in [0.3, 0.4) is 0 Å². The van der Waals surface area contributed by atoms with Crippen LogP contribution in [0.4, 0.5) is 22.7 Å². The zero-order valence-corrected chi connectivity index (χ0v) is 27.0. The van der Waals surface area contributed by atoms with Crippen LogP contribution >= 0.6 is 0 Å². The van der Waals surface area contributed by atoms with E-state index in [4.69, 9.17) is 18.9 Å². The molecule has 0 saturated heterocycles. The van der Waals surface area contributed by atoms with E-state index in [1.54, 1.807) is 48.5 Å². The number of nitrogens with zero attached hydrogens (tertiary/aromatic N) is 4. The Hall–Kier alpha value is -6.32. The Morgan fingerprint density at radius 2 is 0.500 bits per heavy atom. The van der Waals surface area contributed by atoms with Gasteiger partial charge in [-0.1, -0.05) is 0 Å². The molecule has 0 amide bonds. The predicted molar refractivity (Wildman–Crippen MR) is 182 cm³/mol. The van der Waals surface area contributed by atoms with Crippen LogP contribution in [0.1, 0.15) is 38.5 Å². The van der Waals surface area contributed by atoms with Crippen molar-refractivity contribution < 1.29 is 38.6 Å². The number of nitro benzene ring substituents is 4. The minimum atomic E-state index is -0.450. The van der Waals surface area contributed by atoms with E-state index in [0.29, 0.717) is 49.4 Å². The molecule has 50 heavy (non-hydrogen) atoms. The van der Waals surface area contributed by atoms with Crippen LogP contribution in [0.2, 0.25) is 0 Å². The van der Waals surface area contributed by atoms with Gasteiger partial charge in [-0.05, 0) is 87.1 Å². The lowest BCUT2D eigenvalue weighted by molar-refractivity contribution is -0.385. The van der Waals surface area contributed by atoms with Crippen LogP contribution in [0.25, 0.3) is 0 Å². The van der Waals surface area contributed by atoms with Gasteiger partial charge < -0.3 is 18.9 Å². The Kier molecular flexibility index (Phi) is 15.9. The first kappa shape index (κ1) is 38.1. The highest BCUT2D eigenvalue weighted by molar-refractivity contribution is 5.38. The van der Waals surface area contributed by atoms with Crippen molar-refractivity contribution >= 4 is 22.7 Å². The number of hydrogen-bond acceptors (Lipinski definition) is 12. The summed E-state index contributed by atoms with van der Waals surface area (Å²) in [5, 5.41) is 42.2. The fourth-order valence-corrected chi connectivity index (χ4v) is 4.18. The molecule has 4 rings (SSSR count). The maximum absolute atomic E-state index is 10.5. The van der Waals surface area contributed by atoms with Gasteiger partial charge in [0.15, 0.2) is 0 Å². The first-order chi connectivity index (χ1) is 24.1. The molecule has 0 N–H and O–H groups in total. The van der Waals surface area contributed by atoms with E-state index < -0.39 is 19.7 Å². The average molecular weight is 693 g/mol. The van der Waals surface area contributed by atoms with E-state index in [2.05, 4.69) is 0 Å². The molecule has 0 heterocycles. The molecule has 4 aromatic rings. The van der Waals surface area contributed by atoms with Crippen LogP contribution in [-0.4, -0.2) is 46.1 Å². The second kappa shape index (κ2) is 20.8. The van der Waals surface area contributed by atoms with Gasteiger partial charge in [-0.15, -0.1) is 0 Å². The van der Waals surface area contributed by atoms with Gasteiger partial charge >= 0.3 is 0 Å². The zero-order valence-electron chi connectivity index (χ0n) is 27.0. The molecular formula is C34H36N4O12. The molecule has 0 unspecified atom stereocenters. The lowest BCUT2D eigenvalue weighted by Crippen LogP contribution is -2.01. The summed E-state index contributed by atoms with van der Waals surface area (Å²) in [7, 11) is 0.